The minimum absolute atomic E-state index is 0.126. The van der Waals surface area contributed by atoms with Crippen LogP contribution in [0.4, 0.5) is 5.69 Å². The molecule has 1 fully saturated rings. The van der Waals surface area contributed by atoms with E-state index in [1.54, 1.807) is 0 Å². The molecule has 76 valence electrons. The number of hydrogen-bond donors (Lipinski definition) is 2. The van der Waals surface area contributed by atoms with Crippen molar-refractivity contribution in [1.82, 2.24) is 0 Å². The van der Waals surface area contributed by atoms with Gasteiger partial charge in [-0.3, -0.25) is 0 Å². The van der Waals surface area contributed by atoms with Crippen molar-refractivity contribution in [3.05, 3.63) is 29.8 Å². The van der Waals surface area contributed by atoms with Gasteiger partial charge in [-0.2, -0.15) is 0 Å². The highest BCUT2D eigenvalue weighted by molar-refractivity contribution is 5.45. The second-order valence-electron chi connectivity index (χ2n) is 4.27. The molecule has 0 heterocycles. The van der Waals surface area contributed by atoms with Gasteiger partial charge in [0.2, 0.25) is 0 Å². The van der Waals surface area contributed by atoms with Crippen LogP contribution in [0.1, 0.15) is 25.3 Å². The Bertz CT molecular complexity index is 288. The van der Waals surface area contributed by atoms with Crippen molar-refractivity contribution in [3.63, 3.8) is 0 Å². The topological polar surface area (TPSA) is 32.3 Å². The molecule has 0 aromatic heterocycles. The number of aliphatic hydroxyl groups is 1. The summed E-state index contributed by atoms with van der Waals surface area (Å²) in [6, 6.07) is 8.66. The van der Waals surface area contributed by atoms with Crippen molar-refractivity contribution in [3.8, 4) is 0 Å². The molecule has 14 heavy (non-hydrogen) atoms. The highest BCUT2D eigenvalue weighted by Crippen LogP contribution is 2.29. The van der Waals surface area contributed by atoms with Gasteiger partial charge in [-0.15, -0.1) is 0 Å². The summed E-state index contributed by atoms with van der Waals surface area (Å²) in [5.74, 6) is 0.879. The maximum Gasteiger partial charge on any atom is 0.0681 e. The number of benzene rings is 1. The second-order valence-corrected chi connectivity index (χ2v) is 4.27. The molecule has 0 atom stereocenters. The van der Waals surface area contributed by atoms with Crippen LogP contribution in [0.25, 0.3) is 0 Å². The van der Waals surface area contributed by atoms with Crippen LogP contribution in [-0.2, 0) is 6.61 Å². The van der Waals surface area contributed by atoms with Gasteiger partial charge in [0.1, 0.15) is 0 Å². The van der Waals surface area contributed by atoms with E-state index < -0.39 is 0 Å². The summed E-state index contributed by atoms with van der Waals surface area (Å²) in [5.41, 5.74) is 2.14. The van der Waals surface area contributed by atoms with Crippen molar-refractivity contribution in [2.75, 3.05) is 5.32 Å². The summed E-state index contributed by atoms with van der Waals surface area (Å²) in [6.45, 7) is 2.41. The highest BCUT2D eigenvalue weighted by atomic mass is 16.3. The minimum atomic E-state index is 0.126. The van der Waals surface area contributed by atoms with E-state index in [1.165, 1.54) is 18.5 Å². The number of nitrogens with one attached hydrogen (secondary N) is 1. The van der Waals surface area contributed by atoms with E-state index in [2.05, 4.69) is 12.2 Å². The van der Waals surface area contributed by atoms with Crippen molar-refractivity contribution in [2.45, 2.75) is 32.4 Å². The van der Waals surface area contributed by atoms with Crippen molar-refractivity contribution in [1.29, 1.82) is 0 Å². The van der Waals surface area contributed by atoms with E-state index in [-0.39, 0.29) is 6.61 Å². The van der Waals surface area contributed by atoms with Crippen molar-refractivity contribution >= 4 is 5.69 Å². The smallest absolute Gasteiger partial charge is 0.0681 e. The van der Waals surface area contributed by atoms with Crippen LogP contribution >= 0.6 is 0 Å². The molecule has 1 aromatic rings. The van der Waals surface area contributed by atoms with E-state index in [0.29, 0.717) is 6.04 Å². The minimum Gasteiger partial charge on any atom is -0.392 e. The SMILES string of the molecule is CC1CC(Nc2ccc(CO)cc2)C1. The summed E-state index contributed by atoms with van der Waals surface area (Å²) in [7, 11) is 0. The third-order valence-electron chi connectivity index (χ3n) is 2.88. The average Bonchev–Trinajstić information content (AvgIpc) is 2.17. The predicted octanol–water partition coefficient (Wildman–Crippen LogP) is 2.39. The Kier molecular flexibility index (Phi) is 2.73. The first-order valence-corrected chi connectivity index (χ1v) is 5.24. The van der Waals surface area contributed by atoms with Gasteiger partial charge < -0.3 is 10.4 Å². The van der Waals surface area contributed by atoms with Gasteiger partial charge in [0, 0.05) is 11.7 Å². The van der Waals surface area contributed by atoms with Gasteiger partial charge in [0.15, 0.2) is 0 Å². The van der Waals surface area contributed by atoms with Gasteiger partial charge in [-0.05, 0) is 36.5 Å². The lowest BCUT2D eigenvalue weighted by Crippen LogP contribution is -2.33. The van der Waals surface area contributed by atoms with Gasteiger partial charge in [0.05, 0.1) is 6.61 Å². The van der Waals surface area contributed by atoms with E-state index in [1.807, 2.05) is 24.3 Å². The lowest BCUT2D eigenvalue weighted by molar-refractivity contribution is 0.282. The molecule has 0 unspecified atom stereocenters. The molecular weight excluding hydrogens is 174 g/mol. The van der Waals surface area contributed by atoms with Crippen LogP contribution in [0, 0.1) is 5.92 Å². The van der Waals surface area contributed by atoms with Crippen LogP contribution in [0.15, 0.2) is 24.3 Å². The first kappa shape index (κ1) is 9.53. The van der Waals surface area contributed by atoms with Crippen LogP contribution in [0.2, 0.25) is 0 Å². The molecule has 1 aromatic carbocycles. The van der Waals surface area contributed by atoms with Crippen LogP contribution in [0.3, 0.4) is 0 Å². The second kappa shape index (κ2) is 4.01. The Morgan fingerprint density at radius 1 is 1.29 bits per heavy atom. The molecule has 2 N–H and O–H groups in total. The molecule has 1 aliphatic rings. The van der Waals surface area contributed by atoms with Crippen LogP contribution in [0.5, 0.6) is 0 Å². The molecule has 0 bridgehead atoms. The van der Waals surface area contributed by atoms with Gasteiger partial charge in [-0.25, -0.2) is 0 Å². The maximum absolute atomic E-state index is 8.88. The Hall–Kier alpha value is -1.02. The van der Waals surface area contributed by atoms with Crippen molar-refractivity contribution in [2.24, 2.45) is 5.92 Å². The van der Waals surface area contributed by atoms with Crippen LogP contribution in [-0.4, -0.2) is 11.1 Å². The maximum atomic E-state index is 8.88. The summed E-state index contributed by atoms with van der Waals surface area (Å²) in [6.07, 6.45) is 2.56. The molecule has 0 spiro atoms. The Labute approximate surface area is 85.0 Å². The Balaban J connectivity index is 1.90. The first-order valence-electron chi connectivity index (χ1n) is 5.24. The molecule has 2 heteroatoms. The number of anilines is 1. The van der Waals surface area contributed by atoms with Gasteiger partial charge in [0.25, 0.3) is 0 Å². The quantitative estimate of drug-likeness (QED) is 0.769. The third-order valence-corrected chi connectivity index (χ3v) is 2.88. The predicted molar refractivity (Wildman–Crippen MR) is 58.2 cm³/mol. The number of rotatable bonds is 3. The third kappa shape index (κ3) is 2.07. The fourth-order valence-corrected chi connectivity index (χ4v) is 1.96. The van der Waals surface area contributed by atoms with E-state index >= 15 is 0 Å². The molecule has 2 rings (SSSR count). The van der Waals surface area contributed by atoms with E-state index in [0.717, 1.165) is 11.5 Å². The molecule has 1 saturated carbocycles. The summed E-state index contributed by atoms with van der Waals surface area (Å²) in [4.78, 5) is 0. The standard InChI is InChI=1S/C12H17NO/c1-9-6-12(7-9)13-11-4-2-10(8-14)3-5-11/h2-5,9,12-14H,6-8H2,1H3. The summed E-state index contributed by atoms with van der Waals surface area (Å²) in [5, 5.41) is 12.4. The molecule has 0 saturated heterocycles. The van der Waals surface area contributed by atoms with Gasteiger partial charge in [-0.1, -0.05) is 19.1 Å². The monoisotopic (exact) mass is 191 g/mol. The molecular formula is C12H17NO. The zero-order valence-electron chi connectivity index (χ0n) is 8.53. The molecule has 1 aliphatic carbocycles. The number of aliphatic hydroxyl groups excluding tert-OH is 1. The van der Waals surface area contributed by atoms with E-state index in [9.17, 15) is 0 Å². The molecule has 2 nitrogen and oxygen atoms in total. The lowest BCUT2D eigenvalue weighted by Gasteiger charge is -2.34. The molecule has 0 amide bonds. The molecule has 0 aliphatic heterocycles. The fraction of sp³-hybridized carbons (Fsp3) is 0.500. The van der Waals surface area contributed by atoms with Crippen LogP contribution < -0.4 is 5.32 Å². The average molecular weight is 191 g/mol. The normalized spacial score (nSPS) is 25.6. The van der Waals surface area contributed by atoms with Crippen molar-refractivity contribution < 1.29 is 5.11 Å². The molecule has 0 radical (unpaired) electrons. The Morgan fingerprint density at radius 3 is 2.43 bits per heavy atom. The zero-order chi connectivity index (χ0) is 9.97. The largest absolute Gasteiger partial charge is 0.392 e. The highest BCUT2D eigenvalue weighted by Gasteiger charge is 2.24. The first-order chi connectivity index (χ1) is 6.78. The zero-order valence-corrected chi connectivity index (χ0v) is 8.53. The lowest BCUT2D eigenvalue weighted by atomic mass is 9.82. The number of hydrogen-bond acceptors (Lipinski definition) is 2. The van der Waals surface area contributed by atoms with E-state index in [4.69, 9.17) is 5.11 Å². The Morgan fingerprint density at radius 2 is 1.93 bits per heavy atom. The van der Waals surface area contributed by atoms with Gasteiger partial charge >= 0.3 is 0 Å². The fourth-order valence-electron chi connectivity index (χ4n) is 1.96. The summed E-state index contributed by atoms with van der Waals surface area (Å²) < 4.78 is 0. The summed E-state index contributed by atoms with van der Waals surface area (Å²) >= 11 is 0.